The van der Waals surface area contributed by atoms with Crippen molar-refractivity contribution in [1.82, 2.24) is 15.1 Å². The molecule has 2 aromatic rings. The van der Waals surface area contributed by atoms with E-state index in [0.29, 0.717) is 31.5 Å². The van der Waals surface area contributed by atoms with Gasteiger partial charge in [-0.15, -0.1) is 0 Å². The average molecular weight is 408 g/mol. The second-order valence-corrected chi connectivity index (χ2v) is 8.07. The third kappa shape index (κ3) is 3.38. The number of rotatable bonds is 4. The fourth-order valence-corrected chi connectivity index (χ4v) is 4.19. The van der Waals surface area contributed by atoms with Gasteiger partial charge < -0.3 is 16.0 Å². The van der Waals surface area contributed by atoms with Crippen LogP contribution in [0.5, 0.6) is 0 Å². The molecule has 5 amide bonds. The Balaban J connectivity index is 1.49. The van der Waals surface area contributed by atoms with Crippen LogP contribution in [0.1, 0.15) is 25.3 Å². The van der Waals surface area contributed by atoms with Gasteiger partial charge in [-0.3, -0.25) is 19.3 Å². The van der Waals surface area contributed by atoms with E-state index in [1.54, 1.807) is 11.8 Å². The average Bonchev–Trinajstić information content (AvgIpc) is 2.97. The van der Waals surface area contributed by atoms with E-state index in [-0.39, 0.29) is 24.3 Å². The summed E-state index contributed by atoms with van der Waals surface area (Å²) in [5.41, 5.74) is 4.76. The quantitative estimate of drug-likeness (QED) is 0.743. The Morgan fingerprint density at radius 2 is 1.77 bits per heavy atom. The Morgan fingerprint density at radius 1 is 1.10 bits per heavy atom. The number of nitrogens with one attached hydrogen (secondary N) is 1. The lowest BCUT2D eigenvalue weighted by molar-refractivity contribution is -0.140. The second kappa shape index (κ2) is 7.44. The molecule has 0 radical (unpaired) electrons. The maximum atomic E-state index is 13.1. The molecule has 0 saturated carbocycles. The molecule has 8 heteroatoms. The predicted octanol–water partition coefficient (Wildman–Crippen LogP) is 1.33. The minimum Gasteiger partial charge on any atom is -0.369 e. The number of nitrogens with two attached hydrogens (primary N) is 1. The van der Waals surface area contributed by atoms with E-state index < -0.39 is 17.5 Å². The summed E-state index contributed by atoms with van der Waals surface area (Å²) in [4.78, 5) is 52.2. The van der Waals surface area contributed by atoms with E-state index in [1.165, 1.54) is 0 Å². The minimum absolute atomic E-state index is 0.234. The molecule has 2 fully saturated rings. The van der Waals surface area contributed by atoms with Gasteiger partial charge in [-0.1, -0.05) is 36.4 Å². The lowest BCUT2D eigenvalue weighted by atomic mass is 9.90. The lowest BCUT2D eigenvalue weighted by Crippen LogP contribution is -2.47. The highest BCUT2D eigenvalue weighted by Crippen LogP contribution is 2.31. The van der Waals surface area contributed by atoms with E-state index in [1.807, 2.05) is 42.5 Å². The van der Waals surface area contributed by atoms with Crippen LogP contribution in [0.25, 0.3) is 10.8 Å². The molecule has 0 aliphatic carbocycles. The Bertz CT molecular complexity index is 1040. The van der Waals surface area contributed by atoms with Gasteiger partial charge in [0.15, 0.2) is 0 Å². The number of likely N-dealkylation sites (tertiary alicyclic amines) is 1. The van der Waals surface area contributed by atoms with E-state index in [0.717, 1.165) is 15.7 Å². The maximum absolute atomic E-state index is 13.1. The monoisotopic (exact) mass is 408 g/mol. The normalized spacial score (nSPS) is 22.4. The van der Waals surface area contributed by atoms with Crippen molar-refractivity contribution < 1.29 is 19.2 Å². The first kappa shape index (κ1) is 19.9. The summed E-state index contributed by atoms with van der Waals surface area (Å²) < 4.78 is 0. The lowest BCUT2D eigenvalue weighted by Gasteiger charge is -2.31. The number of primary amides is 1. The Morgan fingerprint density at radius 3 is 2.43 bits per heavy atom. The van der Waals surface area contributed by atoms with Crippen LogP contribution in [0.3, 0.4) is 0 Å². The maximum Gasteiger partial charge on any atom is 0.325 e. The van der Waals surface area contributed by atoms with Crippen molar-refractivity contribution in [3.8, 4) is 0 Å². The fraction of sp³-hybridized carbons (Fsp3) is 0.364. The molecule has 1 atom stereocenters. The number of nitrogens with zero attached hydrogens (tertiary/aromatic N) is 2. The SMILES string of the molecule is C[C@@]1(c2ccc3ccccc3c2)NC(=O)N(CC(=O)N2CCC(C(N)=O)CC2)C1=O. The highest BCUT2D eigenvalue weighted by molar-refractivity contribution is 6.09. The topological polar surface area (TPSA) is 113 Å². The van der Waals surface area contributed by atoms with Gasteiger partial charge in [0.25, 0.3) is 5.91 Å². The molecule has 8 nitrogen and oxygen atoms in total. The zero-order valence-electron chi connectivity index (χ0n) is 16.8. The number of carbonyl (C=O) groups is 4. The molecule has 2 aliphatic rings. The van der Waals surface area contributed by atoms with E-state index in [2.05, 4.69) is 5.32 Å². The summed E-state index contributed by atoms with van der Waals surface area (Å²) in [6.45, 7) is 2.10. The number of fused-ring (bicyclic) bond motifs is 1. The van der Waals surface area contributed by atoms with E-state index >= 15 is 0 Å². The van der Waals surface area contributed by atoms with Crippen molar-refractivity contribution in [3.63, 3.8) is 0 Å². The number of benzene rings is 2. The van der Waals surface area contributed by atoms with Crippen LogP contribution in [-0.2, 0) is 19.9 Å². The summed E-state index contributed by atoms with van der Waals surface area (Å²) in [5, 5.41) is 4.75. The van der Waals surface area contributed by atoms with Gasteiger partial charge in [-0.05, 0) is 42.2 Å². The predicted molar refractivity (Wildman–Crippen MR) is 110 cm³/mol. The fourth-order valence-electron chi connectivity index (χ4n) is 4.19. The molecule has 0 bridgehead atoms. The number of amides is 5. The summed E-state index contributed by atoms with van der Waals surface area (Å²) >= 11 is 0. The molecule has 0 spiro atoms. The molecule has 156 valence electrons. The van der Waals surface area contributed by atoms with Crippen LogP contribution >= 0.6 is 0 Å². The van der Waals surface area contributed by atoms with Crippen LogP contribution in [0.15, 0.2) is 42.5 Å². The summed E-state index contributed by atoms with van der Waals surface area (Å²) in [5.74, 6) is -1.36. The van der Waals surface area contributed by atoms with Crippen molar-refractivity contribution in [2.75, 3.05) is 19.6 Å². The molecular weight excluding hydrogens is 384 g/mol. The molecule has 4 rings (SSSR count). The summed E-state index contributed by atoms with van der Waals surface area (Å²) in [6, 6.07) is 12.8. The highest BCUT2D eigenvalue weighted by Gasteiger charge is 2.49. The van der Waals surface area contributed by atoms with Crippen LogP contribution in [0.4, 0.5) is 4.79 Å². The molecule has 2 aromatic carbocycles. The van der Waals surface area contributed by atoms with Crippen molar-refractivity contribution in [3.05, 3.63) is 48.0 Å². The third-order valence-corrected chi connectivity index (χ3v) is 6.15. The van der Waals surface area contributed by atoms with Crippen molar-refractivity contribution in [2.45, 2.75) is 25.3 Å². The van der Waals surface area contributed by atoms with Crippen LogP contribution in [0.2, 0.25) is 0 Å². The zero-order chi connectivity index (χ0) is 21.5. The molecule has 0 aromatic heterocycles. The van der Waals surface area contributed by atoms with Gasteiger partial charge in [-0.2, -0.15) is 0 Å². The van der Waals surface area contributed by atoms with Gasteiger partial charge in [0, 0.05) is 19.0 Å². The minimum atomic E-state index is -1.24. The number of carbonyl (C=O) groups excluding carboxylic acids is 4. The van der Waals surface area contributed by atoms with Crippen LogP contribution < -0.4 is 11.1 Å². The van der Waals surface area contributed by atoms with E-state index in [9.17, 15) is 19.2 Å². The van der Waals surface area contributed by atoms with Gasteiger partial charge in [0.05, 0.1) is 0 Å². The zero-order valence-corrected chi connectivity index (χ0v) is 16.8. The Labute approximate surface area is 174 Å². The Hall–Kier alpha value is -3.42. The first-order chi connectivity index (χ1) is 14.3. The third-order valence-electron chi connectivity index (χ3n) is 6.15. The standard InChI is InChI=1S/C22H24N4O4/c1-22(17-7-6-14-4-2-3-5-16(14)12-17)20(29)26(21(30)24-22)13-18(27)25-10-8-15(9-11-25)19(23)28/h2-7,12,15H,8-11,13H2,1H3,(H2,23,28)(H,24,30)/t22-/m0/s1. The Kier molecular flexibility index (Phi) is 4.93. The molecule has 0 unspecified atom stereocenters. The summed E-state index contributed by atoms with van der Waals surface area (Å²) in [6.07, 6.45) is 0.992. The molecule has 3 N–H and O–H groups in total. The van der Waals surface area contributed by atoms with Crippen molar-refractivity contribution >= 4 is 34.5 Å². The largest absolute Gasteiger partial charge is 0.369 e. The molecule has 2 aliphatic heterocycles. The first-order valence-electron chi connectivity index (χ1n) is 10.00. The second-order valence-electron chi connectivity index (χ2n) is 8.07. The van der Waals surface area contributed by atoms with Crippen molar-refractivity contribution in [2.24, 2.45) is 11.7 Å². The summed E-state index contributed by atoms with van der Waals surface area (Å²) in [7, 11) is 0. The van der Waals surface area contributed by atoms with Gasteiger partial charge in [0.2, 0.25) is 11.8 Å². The first-order valence-corrected chi connectivity index (χ1v) is 10.00. The van der Waals surface area contributed by atoms with Gasteiger partial charge >= 0.3 is 6.03 Å². The smallest absolute Gasteiger partial charge is 0.325 e. The number of urea groups is 1. The highest BCUT2D eigenvalue weighted by atomic mass is 16.2. The number of hydrogen-bond acceptors (Lipinski definition) is 4. The number of imide groups is 1. The van der Waals surface area contributed by atoms with Gasteiger partial charge in [-0.25, -0.2) is 4.79 Å². The van der Waals surface area contributed by atoms with E-state index in [4.69, 9.17) is 5.73 Å². The molecule has 30 heavy (non-hydrogen) atoms. The van der Waals surface area contributed by atoms with Gasteiger partial charge in [0.1, 0.15) is 12.1 Å². The molecule has 2 heterocycles. The number of hydrogen-bond donors (Lipinski definition) is 2. The van der Waals surface area contributed by atoms with Crippen LogP contribution in [-0.4, -0.2) is 53.2 Å². The number of piperidine rings is 1. The molecular formula is C22H24N4O4. The van der Waals surface area contributed by atoms with Crippen LogP contribution in [0, 0.1) is 5.92 Å². The molecule has 2 saturated heterocycles. The van der Waals surface area contributed by atoms with Crippen molar-refractivity contribution in [1.29, 1.82) is 0 Å².